The van der Waals surface area contributed by atoms with E-state index in [0.717, 1.165) is 19.3 Å². The van der Waals surface area contributed by atoms with Gasteiger partial charge in [-0.2, -0.15) is 0 Å². The van der Waals surface area contributed by atoms with Gasteiger partial charge in [0, 0.05) is 18.8 Å². The Hall–Kier alpha value is -2.16. The molecule has 9 heteroatoms. The number of amidine groups is 1. The second-order valence-corrected chi connectivity index (χ2v) is 8.97. The third-order valence-electron chi connectivity index (χ3n) is 4.22. The van der Waals surface area contributed by atoms with Crippen molar-refractivity contribution >= 4 is 27.7 Å². The summed E-state index contributed by atoms with van der Waals surface area (Å²) in [6, 6.07) is 0.0258. The second kappa shape index (κ2) is 9.16. The maximum atomic E-state index is 12.1. The molecule has 2 aliphatic heterocycles. The van der Waals surface area contributed by atoms with Crippen LogP contribution >= 0.6 is 0 Å². The van der Waals surface area contributed by atoms with E-state index in [-0.39, 0.29) is 42.3 Å². The minimum absolute atomic E-state index is 0.0258. The van der Waals surface area contributed by atoms with Gasteiger partial charge in [-0.15, -0.1) is 4.40 Å². The molecule has 2 rings (SSSR count). The number of nitrogens with zero attached hydrogens (tertiary/aromatic N) is 2. The number of amides is 1. The Morgan fingerprint density at radius 2 is 2.00 bits per heavy atom. The summed E-state index contributed by atoms with van der Waals surface area (Å²) < 4.78 is 31.7. The maximum Gasteiger partial charge on any atom is 0.340 e. The van der Waals surface area contributed by atoms with Crippen LogP contribution in [0.1, 0.15) is 40.0 Å². The van der Waals surface area contributed by atoms with Crippen LogP contribution in [0.2, 0.25) is 0 Å². The molecule has 27 heavy (non-hydrogen) atoms. The van der Waals surface area contributed by atoms with Crippen LogP contribution < -0.4 is 5.32 Å². The minimum atomic E-state index is -3.44. The summed E-state index contributed by atoms with van der Waals surface area (Å²) in [4.78, 5) is 25.6. The van der Waals surface area contributed by atoms with E-state index >= 15 is 0 Å². The predicted molar refractivity (Wildman–Crippen MR) is 102 cm³/mol. The normalized spacial score (nSPS) is 19.0. The van der Waals surface area contributed by atoms with E-state index in [0.29, 0.717) is 5.92 Å². The molecule has 1 unspecified atom stereocenters. The van der Waals surface area contributed by atoms with Crippen molar-refractivity contribution in [2.75, 3.05) is 18.9 Å². The largest absolute Gasteiger partial charge is 0.452 e. The Balaban J connectivity index is 1.78. The van der Waals surface area contributed by atoms with Gasteiger partial charge in [0.1, 0.15) is 5.84 Å². The van der Waals surface area contributed by atoms with Crippen LogP contribution in [0.15, 0.2) is 28.3 Å². The van der Waals surface area contributed by atoms with Crippen LogP contribution in [0, 0.1) is 5.92 Å². The number of rotatable bonds is 8. The summed E-state index contributed by atoms with van der Waals surface area (Å²) in [5.41, 5.74) is 0.242. The number of sulfonamides is 1. The summed E-state index contributed by atoms with van der Waals surface area (Å²) in [7, 11) is -3.44. The molecule has 0 saturated carbocycles. The molecule has 1 amide bonds. The molecule has 0 radical (unpaired) electrons. The van der Waals surface area contributed by atoms with Crippen molar-refractivity contribution in [1.29, 1.82) is 0 Å². The van der Waals surface area contributed by atoms with Crippen molar-refractivity contribution in [2.45, 2.75) is 46.1 Å². The number of hydrogen-bond donors (Lipinski definition) is 1. The Morgan fingerprint density at radius 1 is 1.26 bits per heavy atom. The van der Waals surface area contributed by atoms with E-state index in [1.165, 1.54) is 18.4 Å². The lowest BCUT2D eigenvalue weighted by Gasteiger charge is -2.26. The third-order valence-corrected chi connectivity index (χ3v) is 5.38. The lowest BCUT2D eigenvalue weighted by Crippen LogP contribution is -2.38. The minimum Gasteiger partial charge on any atom is -0.452 e. The number of esters is 1. The smallest absolute Gasteiger partial charge is 0.340 e. The Bertz CT molecular complexity index is 768. The zero-order valence-electron chi connectivity index (χ0n) is 16.0. The van der Waals surface area contributed by atoms with Gasteiger partial charge in [-0.05, 0) is 31.4 Å². The van der Waals surface area contributed by atoms with E-state index < -0.39 is 16.0 Å². The highest BCUT2D eigenvalue weighted by atomic mass is 32.2. The molecule has 0 fully saturated rings. The molecule has 0 saturated heterocycles. The average molecular weight is 397 g/mol. The van der Waals surface area contributed by atoms with Gasteiger partial charge >= 0.3 is 5.97 Å². The molecule has 0 bridgehead atoms. The fourth-order valence-electron chi connectivity index (χ4n) is 2.76. The average Bonchev–Trinajstić information content (AvgIpc) is 2.58. The first-order valence-corrected chi connectivity index (χ1v) is 10.7. The highest BCUT2D eigenvalue weighted by Gasteiger charge is 2.25. The van der Waals surface area contributed by atoms with Gasteiger partial charge in [-0.1, -0.05) is 26.7 Å². The van der Waals surface area contributed by atoms with E-state index in [9.17, 15) is 18.0 Å². The molecular weight excluding hydrogens is 370 g/mol. The van der Waals surface area contributed by atoms with Gasteiger partial charge in [0.15, 0.2) is 6.61 Å². The van der Waals surface area contributed by atoms with Crippen LogP contribution in [-0.4, -0.2) is 56.0 Å². The van der Waals surface area contributed by atoms with Crippen molar-refractivity contribution < 1.29 is 22.7 Å². The monoisotopic (exact) mass is 397 g/mol. The molecule has 1 N–H and O–H groups in total. The third kappa shape index (κ3) is 6.82. The molecule has 2 aliphatic rings. The molecule has 0 aromatic rings. The number of carbonyl (C=O) groups excluding carboxylic acids is 2. The molecule has 0 aliphatic carbocycles. The number of carbonyl (C=O) groups is 2. The van der Waals surface area contributed by atoms with Crippen molar-refractivity contribution in [2.24, 2.45) is 10.3 Å². The number of fused-ring (bicyclic) bond motifs is 1. The Labute approximate surface area is 160 Å². The van der Waals surface area contributed by atoms with Gasteiger partial charge in [-0.3, -0.25) is 4.79 Å². The lowest BCUT2D eigenvalue weighted by molar-refractivity contribution is -0.144. The summed E-state index contributed by atoms with van der Waals surface area (Å²) in [6.07, 6.45) is 7.40. The standard InChI is InChI=1S/C18H27N3O5S/c1-13(2)5-4-6-14(3)19-17(22)12-26-18(23)15-7-8-16-20-27(24,25)10-9-21(16)11-15/h7-8,11,13-14H,4-6,9-10,12H2,1-3H3,(H,19,22). The molecule has 0 spiro atoms. The fraction of sp³-hybridized carbons (Fsp3) is 0.611. The van der Waals surface area contributed by atoms with Gasteiger partial charge in [0.05, 0.1) is 11.3 Å². The van der Waals surface area contributed by atoms with E-state index in [4.69, 9.17) is 4.74 Å². The molecule has 0 aromatic heterocycles. The quantitative estimate of drug-likeness (QED) is 0.620. The van der Waals surface area contributed by atoms with Gasteiger partial charge in [0.25, 0.3) is 15.9 Å². The SMILES string of the molecule is CC(C)CCCC(C)NC(=O)COC(=O)C1=CN2CCS(=O)(=O)N=C2C=C1. The summed E-state index contributed by atoms with van der Waals surface area (Å²) >= 11 is 0. The van der Waals surface area contributed by atoms with Crippen LogP contribution in [0.4, 0.5) is 0 Å². The summed E-state index contributed by atoms with van der Waals surface area (Å²) in [5.74, 6) is -0.184. The van der Waals surface area contributed by atoms with Crippen LogP contribution in [-0.2, 0) is 24.3 Å². The molecule has 8 nitrogen and oxygen atoms in total. The highest BCUT2D eigenvalue weighted by Crippen LogP contribution is 2.16. The zero-order valence-corrected chi connectivity index (χ0v) is 16.8. The van der Waals surface area contributed by atoms with E-state index in [1.807, 2.05) is 6.92 Å². The second-order valence-electron chi connectivity index (χ2n) is 7.22. The number of ether oxygens (including phenoxy) is 1. The maximum absolute atomic E-state index is 12.1. The number of nitrogens with one attached hydrogen (secondary N) is 1. The first-order chi connectivity index (χ1) is 12.7. The Kier molecular flexibility index (Phi) is 7.18. The van der Waals surface area contributed by atoms with Crippen molar-refractivity contribution in [3.8, 4) is 0 Å². The molecule has 0 aromatic carbocycles. The van der Waals surface area contributed by atoms with Crippen LogP contribution in [0.25, 0.3) is 0 Å². The number of hydrogen-bond acceptors (Lipinski definition) is 6. The summed E-state index contributed by atoms with van der Waals surface area (Å²) in [5, 5.41) is 2.82. The topological polar surface area (TPSA) is 105 Å². The van der Waals surface area contributed by atoms with Gasteiger partial charge in [-0.25, -0.2) is 13.2 Å². The van der Waals surface area contributed by atoms with Crippen molar-refractivity contribution in [1.82, 2.24) is 10.2 Å². The Morgan fingerprint density at radius 3 is 2.70 bits per heavy atom. The predicted octanol–water partition coefficient (Wildman–Crippen LogP) is 1.36. The molecule has 150 valence electrons. The molecule has 2 heterocycles. The first kappa shape index (κ1) is 21.1. The van der Waals surface area contributed by atoms with Crippen LogP contribution in [0.5, 0.6) is 0 Å². The van der Waals surface area contributed by atoms with Crippen molar-refractivity contribution in [3.05, 3.63) is 23.9 Å². The molecule has 1 atom stereocenters. The first-order valence-electron chi connectivity index (χ1n) is 9.12. The van der Waals surface area contributed by atoms with Gasteiger partial charge < -0.3 is 15.0 Å². The summed E-state index contributed by atoms with van der Waals surface area (Å²) in [6.45, 7) is 6.12. The van der Waals surface area contributed by atoms with E-state index in [1.54, 1.807) is 4.90 Å². The highest BCUT2D eigenvalue weighted by molar-refractivity contribution is 7.90. The fourth-order valence-corrected chi connectivity index (χ4v) is 3.73. The molecular formula is C18H27N3O5S. The zero-order chi connectivity index (χ0) is 20.0. The lowest BCUT2D eigenvalue weighted by atomic mass is 10.0. The van der Waals surface area contributed by atoms with Gasteiger partial charge in [0.2, 0.25) is 0 Å². The van der Waals surface area contributed by atoms with Crippen molar-refractivity contribution in [3.63, 3.8) is 0 Å². The van der Waals surface area contributed by atoms with Crippen LogP contribution in [0.3, 0.4) is 0 Å². The van der Waals surface area contributed by atoms with E-state index in [2.05, 4.69) is 23.6 Å².